The standard InChI is InChI=1S/C13H17NO5S/c1-14(19-10-6-2-3-7-10)20(17,18)12-9-5-4-8-11(12)13(15)16/h4-5,8-10H,2-3,6-7H2,1H3,(H,15,16). The van der Waals surface area contributed by atoms with E-state index in [-0.39, 0.29) is 16.6 Å². The first-order valence-corrected chi connectivity index (χ1v) is 7.85. The van der Waals surface area contributed by atoms with E-state index in [1.807, 2.05) is 0 Å². The number of sulfonamides is 1. The van der Waals surface area contributed by atoms with Crippen molar-refractivity contribution in [3.05, 3.63) is 29.8 Å². The van der Waals surface area contributed by atoms with E-state index in [4.69, 9.17) is 9.94 Å². The van der Waals surface area contributed by atoms with Gasteiger partial charge in [-0.1, -0.05) is 29.4 Å². The highest BCUT2D eigenvalue weighted by Gasteiger charge is 2.29. The van der Waals surface area contributed by atoms with E-state index < -0.39 is 16.0 Å². The van der Waals surface area contributed by atoms with E-state index >= 15 is 0 Å². The molecule has 0 saturated heterocycles. The quantitative estimate of drug-likeness (QED) is 0.839. The Kier molecular flexibility index (Phi) is 4.42. The van der Waals surface area contributed by atoms with E-state index in [2.05, 4.69) is 0 Å². The normalized spacial score (nSPS) is 16.7. The maximum Gasteiger partial charge on any atom is 0.337 e. The maximum absolute atomic E-state index is 12.4. The molecule has 1 aromatic carbocycles. The Morgan fingerprint density at radius 3 is 2.50 bits per heavy atom. The molecule has 0 spiro atoms. The zero-order chi connectivity index (χ0) is 14.8. The van der Waals surface area contributed by atoms with E-state index in [9.17, 15) is 13.2 Å². The molecule has 6 nitrogen and oxygen atoms in total. The van der Waals surface area contributed by atoms with E-state index in [1.54, 1.807) is 0 Å². The number of hydrogen-bond donors (Lipinski definition) is 1. The fourth-order valence-electron chi connectivity index (χ4n) is 2.27. The lowest BCUT2D eigenvalue weighted by molar-refractivity contribution is -0.113. The first-order chi connectivity index (χ1) is 9.43. The molecular weight excluding hydrogens is 282 g/mol. The Morgan fingerprint density at radius 1 is 1.30 bits per heavy atom. The summed E-state index contributed by atoms with van der Waals surface area (Å²) in [5.74, 6) is -1.28. The summed E-state index contributed by atoms with van der Waals surface area (Å²) >= 11 is 0. The Morgan fingerprint density at radius 2 is 1.90 bits per heavy atom. The van der Waals surface area contributed by atoms with Gasteiger partial charge in [0.25, 0.3) is 10.0 Å². The molecule has 1 N–H and O–H groups in total. The molecule has 20 heavy (non-hydrogen) atoms. The summed E-state index contributed by atoms with van der Waals surface area (Å²) in [5, 5.41) is 9.07. The molecular formula is C13H17NO5S. The van der Waals surface area contributed by atoms with Gasteiger partial charge in [-0.2, -0.15) is 0 Å². The van der Waals surface area contributed by atoms with E-state index in [0.717, 1.165) is 30.2 Å². The zero-order valence-corrected chi connectivity index (χ0v) is 12.0. The second kappa shape index (κ2) is 5.90. The molecule has 0 unspecified atom stereocenters. The van der Waals surface area contributed by atoms with Crippen LogP contribution in [0.2, 0.25) is 0 Å². The van der Waals surface area contributed by atoms with Crippen molar-refractivity contribution in [1.29, 1.82) is 0 Å². The van der Waals surface area contributed by atoms with Crippen LogP contribution in [-0.4, -0.2) is 37.1 Å². The van der Waals surface area contributed by atoms with Gasteiger partial charge in [0, 0.05) is 7.05 Å². The smallest absolute Gasteiger partial charge is 0.337 e. The molecule has 7 heteroatoms. The zero-order valence-electron chi connectivity index (χ0n) is 11.2. The van der Waals surface area contributed by atoms with Crippen molar-refractivity contribution < 1.29 is 23.2 Å². The van der Waals surface area contributed by atoms with Gasteiger partial charge in [0.05, 0.1) is 16.6 Å². The predicted molar refractivity (Wildman–Crippen MR) is 71.7 cm³/mol. The summed E-state index contributed by atoms with van der Waals surface area (Å²) in [5.41, 5.74) is -0.255. The van der Waals surface area contributed by atoms with Gasteiger partial charge < -0.3 is 5.11 Å². The van der Waals surface area contributed by atoms with Gasteiger partial charge in [-0.3, -0.25) is 4.84 Å². The molecule has 2 rings (SSSR count). The topological polar surface area (TPSA) is 83.9 Å². The van der Waals surface area contributed by atoms with Crippen LogP contribution in [0.1, 0.15) is 36.0 Å². The summed E-state index contributed by atoms with van der Waals surface area (Å²) < 4.78 is 25.5. The molecule has 0 amide bonds. The van der Waals surface area contributed by atoms with Crippen LogP contribution in [0.5, 0.6) is 0 Å². The number of aromatic carboxylic acids is 1. The average molecular weight is 299 g/mol. The number of benzene rings is 1. The van der Waals surface area contributed by atoms with Gasteiger partial charge in [-0.15, -0.1) is 0 Å². The van der Waals surface area contributed by atoms with Crippen LogP contribution >= 0.6 is 0 Å². The van der Waals surface area contributed by atoms with Crippen molar-refractivity contribution in [2.45, 2.75) is 36.7 Å². The summed E-state index contributed by atoms with van der Waals surface area (Å²) in [6.45, 7) is 0. The van der Waals surface area contributed by atoms with Crippen LogP contribution in [0.15, 0.2) is 29.2 Å². The molecule has 0 bridgehead atoms. The number of nitrogens with zero attached hydrogens (tertiary/aromatic N) is 1. The molecule has 0 atom stereocenters. The molecule has 0 radical (unpaired) electrons. The number of carbonyl (C=O) groups is 1. The highest BCUT2D eigenvalue weighted by atomic mass is 32.2. The lowest BCUT2D eigenvalue weighted by Crippen LogP contribution is -2.32. The van der Waals surface area contributed by atoms with Gasteiger partial charge >= 0.3 is 5.97 Å². The van der Waals surface area contributed by atoms with Crippen molar-refractivity contribution in [1.82, 2.24) is 4.47 Å². The SMILES string of the molecule is CN(OC1CCCC1)S(=O)(=O)c1ccccc1C(=O)O. The van der Waals surface area contributed by atoms with Crippen molar-refractivity contribution >= 4 is 16.0 Å². The second-order valence-corrected chi connectivity index (χ2v) is 6.63. The third-order valence-corrected chi connectivity index (χ3v) is 5.01. The van der Waals surface area contributed by atoms with Gasteiger partial charge in [0.15, 0.2) is 0 Å². The molecule has 1 saturated carbocycles. The summed E-state index contributed by atoms with van der Waals surface area (Å²) in [7, 11) is -2.67. The summed E-state index contributed by atoms with van der Waals surface area (Å²) in [6.07, 6.45) is 3.56. The first kappa shape index (κ1) is 15.0. The van der Waals surface area contributed by atoms with Gasteiger partial charge in [-0.05, 0) is 25.0 Å². The molecule has 0 aromatic heterocycles. The van der Waals surface area contributed by atoms with Crippen molar-refractivity contribution in [2.75, 3.05) is 7.05 Å². The van der Waals surface area contributed by atoms with Crippen molar-refractivity contribution in [3.63, 3.8) is 0 Å². The summed E-state index contributed by atoms with van der Waals surface area (Å²) in [4.78, 5) is 16.3. The average Bonchev–Trinajstić information content (AvgIpc) is 2.91. The third-order valence-electron chi connectivity index (χ3n) is 3.33. The van der Waals surface area contributed by atoms with Crippen LogP contribution < -0.4 is 0 Å². The van der Waals surface area contributed by atoms with Gasteiger partial charge in [-0.25, -0.2) is 13.2 Å². The Balaban J connectivity index is 2.27. The highest BCUT2D eigenvalue weighted by Crippen LogP contribution is 2.25. The second-order valence-electron chi connectivity index (χ2n) is 4.73. The van der Waals surface area contributed by atoms with Crippen LogP contribution in [0.3, 0.4) is 0 Å². The number of hydroxylamine groups is 1. The van der Waals surface area contributed by atoms with Gasteiger partial charge in [0.1, 0.15) is 0 Å². The van der Waals surface area contributed by atoms with Crippen LogP contribution in [0, 0.1) is 0 Å². The summed E-state index contributed by atoms with van der Waals surface area (Å²) in [6, 6.07) is 5.51. The molecule has 1 fully saturated rings. The minimum atomic E-state index is -3.97. The van der Waals surface area contributed by atoms with Crippen LogP contribution in [0.25, 0.3) is 0 Å². The van der Waals surface area contributed by atoms with Crippen LogP contribution in [0.4, 0.5) is 0 Å². The lowest BCUT2D eigenvalue weighted by atomic mass is 10.2. The first-order valence-electron chi connectivity index (χ1n) is 6.41. The van der Waals surface area contributed by atoms with E-state index in [0.29, 0.717) is 0 Å². The molecule has 110 valence electrons. The Hall–Kier alpha value is -1.44. The number of carboxylic acid groups (broad SMARTS) is 1. The minimum Gasteiger partial charge on any atom is -0.478 e. The van der Waals surface area contributed by atoms with Crippen molar-refractivity contribution in [3.8, 4) is 0 Å². The molecule has 0 heterocycles. The number of carboxylic acids is 1. The lowest BCUT2D eigenvalue weighted by Gasteiger charge is -2.21. The molecule has 0 aliphatic heterocycles. The molecule has 1 aromatic rings. The monoisotopic (exact) mass is 299 g/mol. The fraction of sp³-hybridized carbons (Fsp3) is 0.462. The molecule has 1 aliphatic carbocycles. The number of hydrogen-bond acceptors (Lipinski definition) is 4. The minimum absolute atomic E-state index is 0.119. The Bertz CT molecular complexity index is 593. The van der Waals surface area contributed by atoms with Crippen molar-refractivity contribution in [2.24, 2.45) is 0 Å². The fourth-order valence-corrected chi connectivity index (χ4v) is 3.46. The third kappa shape index (κ3) is 3.00. The largest absolute Gasteiger partial charge is 0.478 e. The van der Waals surface area contributed by atoms with Crippen LogP contribution in [-0.2, 0) is 14.9 Å². The predicted octanol–water partition coefficient (Wildman–Crippen LogP) is 1.88. The Labute approximate surface area is 118 Å². The highest BCUT2D eigenvalue weighted by molar-refractivity contribution is 7.89. The molecule has 1 aliphatic rings. The van der Waals surface area contributed by atoms with Gasteiger partial charge in [0.2, 0.25) is 0 Å². The van der Waals surface area contributed by atoms with E-state index in [1.165, 1.54) is 31.3 Å². The number of rotatable bonds is 5. The maximum atomic E-state index is 12.4.